The SMILES string of the molecule is O=c1cc(CNC2CC2)nc(CSC2CCCC2)[nH]1. The standard InChI is InChI=1S/C14H21N3OS/c18-14-7-11(8-15-10-5-6-10)16-13(17-14)9-19-12-3-1-2-4-12/h7,10,12,15H,1-6,8-9H2,(H,16,17,18). The first-order valence-corrected chi connectivity index (χ1v) is 8.28. The Bertz CT molecular complexity index is 478. The zero-order valence-corrected chi connectivity index (χ0v) is 12.0. The van der Waals surface area contributed by atoms with Gasteiger partial charge in [-0.15, -0.1) is 0 Å². The highest BCUT2D eigenvalue weighted by Crippen LogP contribution is 2.30. The van der Waals surface area contributed by atoms with Gasteiger partial charge in [0.2, 0.25) is 0 Å². The minimum Gasteiger partial charge on any atom is -0.310 e. The molecule has 2 fully saturated rings. The molecule has 0 saturated heterocycles. The summed E-state index contributed by atoms with van der Waals surface area (Å²) in [6, 6.07) is 2.26. The molecule has 0 unspecified atom stereocenters. The molecule has 19 heavy (non-hydrogen) atoms. The van der Waals surface area contributed by atoms with Crippen molar-refractivity contribution in [3.05, 3.63) is 27.9 Å². The van der Waals surface area contributed by atoms with Crippen LogP contribution in [-0.4, -0.2) is 21.3 Å². The third-order valence-corrected chi connectivity index (χ3v) is 5.13. The highest BCUT2D eigenvalue weighted by molar-refractivity contribution is 7.99. The summed E-state index contributed by atoms with van der Waals surface area (Å²) in [7, 11) is 0. The fraction of sp³-hybridized carbons (Fsp3) is 0.714. The number of nitrogens with zero attached hydrogens (tertiary/aromatic N) is 1. The average Bonchev–Trinajstić information content (AvgIpc) is 3.08. The van der Waals surface area contributed by atoms with Crippen LogP contribution in [-0.2, 0) is 12.3 Å². The van der Waals surface area contributed by atoms with E-state index in [0.29, 0.717) is 6.04 Å². The van der Waals surface area contributed by atoms with Crippen molar-refractivity contribution in [3.8, 4) is 0 Å². The lowest BCUT2D eigenvalue weighted by molar-refractivity contribution is 0.668. The van der Waals surface area contributed by atoms with Gasteiger partial charge in [-0.2, -0.15) is 11.8 Å². The number of hydrogen-bond donors (Lipinski definition) is 2. The Hall–Kier alpha value is -0.810. The molecule has 1 aromatic heterocycles. The van der Waals surface area contributed by atoms with Crippen LogP contribution in [0.2, 0.25) is 0 Å². The third kappa shape index (κ3) is 4.08. The van der Waals surface area contributed by atoms with E-state index < -0.39 is 0 Å². The monoisotopic (exact) mass is 279 g/mol. The van der Waals surface area contributed by atoms with Gasteiger partial charge in [0.25, 0.3) is 5.56 Å². The lowest BCUT2D eigenvalue weighted by Gasteiger charge is -2.09. The predicted molar refractivity (Wildman–Crippen MR) is 78.3 cm³/mol. The third-order valence-electron chi connectivity index (χ3n) is 3.75. The number of nitrogens with one attached hydrogen (secondary N) is 2. The molecular weight excluding hydrogens is 258 g/mol. The molecule has 3 rings (SSSR count). The second kappa shape index (κ2) is 6.09. The predicted octanol–water partition coefficient (Wildman–Crippen LogP) is 2.20. The minimum absolute atomic E-state index is 0.0235. The van der Waals surface area contributed by atoms with Crippen LogP contribution in [0.25, 0.3) is 0 Å². The average molecular weight is 279 g/mol. The Balaban J connectivity index is 1.57. The van der Waals surface area contributed by atoms with Gasteiger partial charge in [0.1, 0.15) is 5.82 Å². The number of rotatable bonds is 6. The van der Waals surface area contributed by atoms with Gasteiger partial charge in [0.05, 0.1) is 11.4 Å². The van der Waals surface area contributed by atoms with Crippen LogP contribution in [0.4, 0.5) is 0 Å². The molecule has 0 atom stereocenters. The molecule has 0 amide bonds. The normalized spacial score (nSPS) is 20.0. The van der Waals surface area contributed by atoms with Gasteiger partial charge in [-0.3, -0.25) is 4.79 Å². The van der Waals surface area contributed by atoms with Gasteiger partial charge in [-0.05, 0) is 25.7 Å². The second-order valence-electron chi connectivity index (χ2n) is 5.56. The molecule has 2 aliphatic rings. The lowest BCUT2D eigenvalue weighted by atomic mass is 10.4. The highest BCUT2D eigenvalue weighted by atomic mass is 32.2. The quantitative estimate of drug-likeness (QED) is 0.838. The van der Waals surface area contributed by atoms with E-state index in [2.05, 4.69) is 15.3 Å². The van der Waals surface area contributed by atoms with Crippen molar-refractivity contribution < 1.29 is 0 Å². The topological polar surface area (TPSA) is 57.8 Å². The van der Waals surface area contributed by atoms with Crippen molar-refractivity contribution in [2.75, 3.05) is 0 Å². The van der Waals surface area contributed by atoms with Crippen LogP contribution in [0, 0.1) is 0 Å². The van der Waals surface area contributed by atoms with Crippen molar-refractivity contribution in [1.29, 1.82) is 0 Å². The van der Waals surface area contributed by atoms with Crippen molar-refractivity contribution in [3.63, 3.8) is 0 Å². The van der Waals surface area contributed by atoms with E-state index in [1.54, 1.807) is 6.07 Å². The van der Waals surface area contributed by atoms with Crippen molar-refractivity contribution >= 4 is 11.8 Å². The van der Waals surface area contributed by atoms with Crippen molar-refractivity contribution in [2.24, 2.45) is 0 Å². The summed E-state index contributed by atoms with van der Waals surface area (Å²) in [6.45, 7) is 0.718. The lowest BCUT2D eigenvalue weighted by Crippen LogP contribution is -2.20. The van der Waals surface area contributed by atoms with E-state index >= 15 is 0 Å². The molecule has 1 aromatic rings. The van der Waals surface area contributed by atoms with E-state index in [4.69, 9.17) is 0 Å². The largest absolute Gasteiger partial charge is 0.310 e. The zero-order chi connectivity index (χ0) is 13.1. The molecule has 0 bridgehead atoms. The maximum Gasteiger partial charge on any atom is 0.251 e. The number of H-pyrrole nitrogens is 1. The summed E-state index contributed by atoms with van der Waals surface area (Å²) in [5.74, 6) is 1.66. The Kier molecular flexibility index (Phi) is 4.23. The molecule has 1 heterocycles. The maximum atomic E-state index is 11.6. The highest BCUT2D eigenvalue weighted by Gasteiger charge is 2.20. The molecule has 2 aliphatic carbocycles. The Morgan fingerprint density at radius 3 is 2.84 bits per heavy atom. The van der Waals surface area contributed by atoms with Gasteiger partial charge >= 0.3 is 0 Å². The van der Waals surface area contributed by atoms with Crippen LogP contribution in [0.3, 0.4) is 0 Å². The van der Waals surface area contributed by atoms with Crippen LogP contribution in [0.1, 0.15) is 50.0 Å². The van der Waals surface area contributed by atoms with Gasteiger partial charge in [0.15, 0.2) is 0 Å². The number of hydrogen-bond acceptors (Lipinski definition) is 4. The first-order valence-electron chi connectivity index (χ1n) is 7.24. The Labute approximate surface area is 117 Å². The molecule has 4 nitrogen and oxygen atoms in total. The molecule has 2 saturated carbocycles. The van der Waals surface area contributed by atoms with E-state index in [1.165, 1.54) is 38.5 Å². The summed E-state index contributed by atoms with van der Waals surface area (Å²) in [4.78, 5) is 19.0. The summed E-state index contributed by atoms with van der Waals surface area (Å²) < 4.78 is 0. The fourth-order valence-corrected chi connectivity index (χ4v) is 3.71. The summed E-state index contributed by atoms with van der Waals surface area (Å²) in [5.41, 5.74) is 0.849. The van der Waals surface area contributed by atoms with E-state index in [-0.39, 0.29) is 5.56 Å². The summed E-state index contributed by atoms with van der Waals surface area (Å²) in [5, 5.41) is 4.16. The molecule has 5 heteroatoms. The maximum absolute atomic E-state index is 11.6. The van der Waals surface area contributed by atoms with Gasteiger partial charge < -0.3 is 10.3 Å². The summed E-state index contributed by atoms with van der Waals surface area (Å²) in [6.07, 6.45) is 7.86. The van der Waals surface area contributed by atoms with E-state index in [0.717, 1.165) is 29.1 Å². The second-order valence-corrected chi connectivity index (χ2v) is 6.84. The van der Waals surface area contributed by atoms with E-state index in [1.807, 2.05) is 11.8 Å². The molecule has 0 aliphatic heterocycles. The zero-order valence-electron chi connectivity index (χ0n) is 11.2. The molecule has 2 N–H and O–H groups in total. The van der Waals surface area contributed by atoms with Crippen molar-refractivity contribution in [1.82, 2.24) is 15.3 Å². The van der Waals surface area contributed by atoms with Gasteiger partial charge in [0, 0.05) is 23.9 Å². The Morgan fingerprint density at radius 1 is 1.32 bits per heavy atom. The number of aromatic amines is 1. The van der Waals surface area contributed by atoms with Crippen LogP contribution in [0.15, 0.2) is 10.9 Å². The molecule has 0 aromatic carbocycles. The first kappa shape index (κ1) is 13.2. The Morgan fingerprint density at radius 2 is 2.11 bits per heavy atom. The number of thioether (sulfide) groups is 1. The van der Waals surface area contributed by atoms with E-state index in [9.17, 15) is 4.79 Å². The fourth-order valence-electron chi connectivity index (χ4n) is 2.51. The smallest absolute Gasteiger partial charge is 0.251 e. The van der Waals surface area contributed by atoms with Crippen LogP contribution >= 0.6 is 11.8 Å². The summed E-state index contributed by atoms with van der Waals surface area (Å²) >= 11 is 1.94. The first-order chi connectivity index (χ1) is 9.29. The van der Waals surface area contributed by atoms with Crippen molar-refractivity contribution in [2.45, 2.75) is 62.1 Å². The number of aromatic nitrogens is 2. The minimum atomic E-state index is -0.0235. The molecule has 0 spiro atoms. The van der Waals surface area contributed by atoms with Gasteiger partial charge in [-0.25, -0.2) is 4.98 Å². The van der Waals surface area contributed by atoms with Crippen LogP contribution < -0.4 is 10.9 Å². The molecule has 104 valence electrons. The van der Waals surface area contributed by atoms with Crippen LogP contribution in [0.5, 0.6) is 0 Å². The van der Waals surface area contributed by atoms with Gasteiger partial charge in [-0.1, -0.05) is 12.8 Å². The molecule has 0 radical (unpaired) electrons. The molecular formula is C14H21N3OS.